The maximum atomic E-state index is 15.7. The van der Waals surface area contributed by atoms with Crippen molar-refractivity contribution in [1.82, 2.24) is 74.1 Å². The number of amides is 17. The van der Waals surface area contributed by atoms with E-state index in [1.807, 2.05) is 18.2 Å². The number of ether oxygens (including phenoxy) is 1. The molecule has 117 heavy (non-hydrogen) atoms. The predicted molar refractivity (Wildman–Crippen MR) is 430 cm³/mol. The van der Waals surface area contributed by atoms with Gasteiger partial charge in [0, 0.05) is 81.9 Å². The lowest BCUT2D eigenvalue weighted by molar-refractivity contribution is -0.139. The lowest BCUT2D eigenvalue weighted by atomic mass is 9.86. The standard InChI is InChI=1S/C78H107N19O19S/c1-41(2)78(6,77(115)95-53(17-11-12-30-84-43(4)99)68(106)92-60(37-64(82)103)67(105)86-39-65(83)104)97-75(113)58(35-46-18-21-47-13-7-8-14-48(47)33-46)91-72(110)57(34-45-19-22-50(23-20-45)116-31-29-79)90-74(112)61-40-117-32-28-56(87-44(5)100)70(108)88-55(25-27-63(81)102)71(109)96-66(42(3)98)76(114)93-59(36-49-38-85-52-16-10-9-15-51(49)52)73(111)89-54(69(107)94-61)24-26-62(80)101/h7-10,13-16,18-23,33,38,41-42,53-61,66,85,98H,11-12,17,24-32,34-37,39-40,79H2,1-6H3,(H2,80,101)(H2,81,102)(H2,82,103)(H2,83,104)(H,84,99)(H,86,105)(H,87,100)(H,88,108)(H,89,111)(H,90,112)(H,91,110)(H,92,106)(H,93,114)(H,94,107)(H,95,115)(H,96,109)(H,97,113)/t42-,53+,54+,55+,56+,57+,58+,59+,60+,61+,66+,78+/m1/s1. The number of unbranched alkanes of at least 4 members (excludes halogenated alkanes) is 1. The molecule has 1 aliphatic rings. The zero-order chi connectivity index (χ0) is 86.2. The van der Waals surface area contributed by atoms with E-state index in [1.165, 1.54) is 13.8 Å². The number of aliphatic hydroxyl groups excluding tert-OH is 1. The molecule has 38 nitrogen and oxygen atoms in total. The quantitative estimate of drug-likeness (QED) is 0.0167. The normalized spacial score (nSPS) is 18.9. The highest BCUT2D eigenvalue weighted by molar-refractivity contribution is 7.99. The van der Waals surface area contributed by atoms with Crippen LogP contribution in [-0.2, 0) is 101 Å². The van der Waals surface area contributed by atoms with Crippen molar-refractivity contribution in [2.24, 2.45) is 34.6 Å². The second-order valence-electron chi connectivity index (χ2n) is 28.9. The van der Waals surface area contributed by atoms with E-state index in [0.29, 0.717) is 33.3 Å². The number of para-hydroxylation sites is 1. The number of carbonyl (C=O) groups is 17. The van der Waals surface area contributed by atoms with Gasteiger partial charge < -0.3 is 113 Å². The van der Waals surface area contributed by atoms with Crippen LogP contribution in [0.25, 0.3) is 21.7 Å². The third-order valence-corrected chi connectivity index (χ3v) is 20.3. The molecule has 0 saturated carbocycles. The maximum absolute atomic E-state index is 15.7. The fraction of sp³-hybridized carbons (Fsp3) is 0.474. The van der Waals surface area contributed by atoms with Crippen LogP contribution in [0.15, 0.2) is 97.2 Å². The Morgan fingerprint density at radius 3 is 1.81 bits per heavy atom. The topological polar surface area (TPSA) is 622 Å². The van der Waals surface area contributed by atoms with Gasteiger partial charge in [0.25, 0.3) is 0 Å². The molecule has 4 aromatic carbocycles. The average Bonchev–Trinajstić information content (AvgIpc) is 1.56. The van der Waals surface area contributed by atoms with Crippen molar-refractivity contribution in [2.45, 2.75) is 191 Å². The highest BCUT2D eigenvalue weighted by atomic mass is 32.2. The minimum absolute atomic E-state index is 0.124. The molecule has 25 N–H and O–H groups in total. The van der Waals surface area contributed by atoms with E-state index in [1.54, 1.807) is 92.8 Å². The molecule has 1 aliphatic heterocycles. The van der Waals surface area contributed by atoms with Gasteiger partial charge in [-0.15, -0.1) is 0 Å². The SMILES string of the molecule is CC(=O)NCCCC[C@H](NC(=O)[C@@](C)(NC(=O)[C@H](Cc1ccc2ccccc2c1)NC(=O)[C@H](Cc1ccc(OCCN)cc1)NC(=O)[C@@H]1CSCC[C@H](NC(C)=O)C(=O)N[C@@H](CCC(N)=O)C(=O)N[C@@H]([C@@H](C)O)C(=O)N[C@@H](Cc2c[nH]c3ccccc23)C(=O)N[C@@H](CCC(N)=O)C(=O)N1)C(C)C)C(=O)N[C@@H](CC(N)=O)C(=O)NCC(N)=O. The van der Waals surface area contributed by atoms with Crippen LogP contribution >= 0.6 is 11.8 Å². The van der Waals surface area contributed by atoms with Gasteiger partial charge in [0.05, 0.1) is 19.1 Å². The van der Waals surface area contributed by atoms with Crippen LogP contribution in [0.1, 0.15) is 116 Å². The molecule has 5 aromatic rings. The minimum Gasteiger partial charge on any atom is -0.492 e. The molecule has 1 saturated heterocycles. The Morgan fingerprint density at radius 2 is 1.19 bits per heavy atom. The fourth-order valence-electron chi connectivity index (χ4n) is 12.5. The Labute approximate surface area is 678 Å². The van der Waals surface area contributed by atoms with Crippen LogP contribution in [0.5, 0.6) is 5.75 Å². The number of thioether (sulfide) groups is 1. The Kier molecular flexibility index (Phi) is 36.6. The average molecular weight is 1650 g/mol. The van der Waals surface area contributed by atoms with Gasteiger partial charge in [-0.3, -0.25) is 81.5 Å². The Morgan fingerprint density at radius 1 is 0.598 bits per heavy atom. The van der Waals surface area contributed by atoms with Crippen molar-refractivity contribution in [2.75, 3.05) is 37.7 Å². The summed E-state index contributed by atoms with van der Waals surface area (Å²) in [6.07, 6.45) is -3.92. The molecule has 1 fully saturated rings. The Bertz CT molecular complexity index is 4410. The number of carbonyl (C=O) groups excluding carboxylic acids is 17. The monoisotopic (exact) mass is 1650 g/mol. The van der Waals surface area contributed by atoms with Gasteiger partial charge in [-0.25, -0.2) is 0 Å². The minimum atomic E-state index is -2.00. The molecule has 12 atom stereocenters. The van der Waals surface area contributed by atoms with E-state index < -0.39 is 217 Å². The summed E-state index contributed by atoms with van der Waals surface area (Å²) in [5, 5.41) is 46.7. The summed E-state index contributed by atoms with van der Waals surface area (Å²) < 4.78 is 5.72. The van der Waals surface area contributed by atoms with Crippen LogP contribution in [0.3, 0.4) is 0 Å². The highest BCUT2D eigenvalue weighted by Crippen LogP contribution is 2.24. The van der Waals surface area contributed by atoms with Crippen LogP contribution < -0.4 is 103 Å². The molecule has 0 aliphatic carbocycles. The van der Waals surface area contributed by atoms with Gasteiger partial charge >= 0.3 is 0 Å². The van der Waals surface area contributed by atoms with E-state index in [9.17, 15) is 57.8 Å². The lowest BCUT2D eigenvalue weighted by Gasteiger charge is -2.36. The van der Waals surface area contributed by atoms with Crippen molar-refractivity contribution in [3.63, 3.8) is 0 Å². The summed E-state index contributed by atoms with van der Waals surface area (Å²) in [6, 6.07) is 8.91. The summed E-state index contributed by atoms with van der Waals surface area (Å²) in [6.45, 7) is 7.82. The number of aromatic nitrogens is 1. The van der Waals surface area contributed by atoms with Crippen molar-refractivity contribution < 1.29 is 91.4 Å². The summed E-state index contributed by atoms with van der Waals surface area (Å²) in [7, 11) is 0. The van der Waals surface area contributed by atoms with Crippen LogP contribution in [-0.4, -0.2) is 220 Å². The molecular weight excluding hydrogens is 1540 g/mol. The molecule has 1 aromatic heterocycles. The van der Waals surface area contributed by atoms with E-state index in [-0.39, 0.29) is 76.3 Å². The van der Waals surface area contributed by atoms with E-state index in [2.05, 4.69) is 74.1 Å². The maximum Gasteiger partial charge on any atom is 0.246 e. The largest absolute Gasteiger partial charge is 0.492 e. The number of primary amides is 4. The van der Waals surface area contributed by atoms with E-state index >= 15 is 28.8 Å². The summed E-state index contributed by atoms with van der Waals surface area (Å²) >= 11 is 0.931. The van der Waals surface area contributed by atoms with E-state index in [0.717, 1.165) is 36.4 Å². The second-order valence-corrected chi connectivity index (χ2v) is 30.1. The van der Waals surface area contributed by atoms with Crippen molar-refractivity contribution >= 4 is 134 Å². The summed E-state index contributed by atoms with van der Waals surface area (Å²) in [4.78, 5) is 239. The molecule has 2 heterocycles. The number of nitrogens with two attached hydrogens (primary N) is 5. The molecule has 0 spiro atoms. The third kappa shape index (κ3) is 30.1. The van der Waals surface area contributed by atoms with Crippen LogP contribution in [0.2, 0.25) is 0 Å². The number of hydrogen-bond donors (Lipinski definition) is 20. The number of fused-ring (bicyclic) bond motifs is 2. The number of aliphatic hydroxyl groups is 1. The number of H-pyrrole nitrogens is 1. The van der Waals surface area contributed by atoms with Gasteiger partial charge in [-0.05, 0) is 110 Å². The summed E-state index contributed by atoms with van der Waals surface area (Å²) in [5.74, 6) is -17.4. The van der Waals surface area contributed by atoms with Gasteiger partial charge in [-0.2, -0.15) is 11.8 Å². The zero-order valence-corrected chi connectivity index (χ0v) is 66.8. The second kappa shape index (κ2) is 45.7. The molecule has 17 amide bonds. The summed E-state index contributed by atoms with van der Waals surface area (Å²) in [5.41, 5.74) is 27.5. The lowest BCUT2D eigenvalue weighted by Crippen LogP contribution is -2.66. The smallest absolute Gasteiger partial charge is 0.246 e. The van der Waals surface area contributed by atoms with Crippen molar-refractivity contribution in [1.29, 1.82) is 0 Å². The first kappa shape index (κ1) is 93.6. The number of rotatable bonds is 38. The number of hydrogen-bond acceptors (Lipinski definition) is 21. The van der Waals surface area contributed by atoms with E-state index in [4.69, 9.17) is 33.4 Å². The first-order valence-corrected chi connectivity index (χ1v) is 39.3. The highest BCUT2D eigenvalue weighted by Gasteiger charge is 2.44. The molecule has 0 unspecified atom stereocenters. The molecule has 6 rings (SSSR count). The number of benzene rings is 4. The number of aromatic amines is 1. The van der Waals surface area contributed by atoms with Crippen molar-refractivity contribution in [3.05, 3.63) is 114 Å². The van der Waals surface area contributed by atoms with Crippen LogP contribution in [0, 0.1) is 5.92 Å². The zero-order valence-electron chi connectivity index (χ0n) is 66.0. The van der Waals surface area contributed by atoms with Gasteiger partial charge in [-0.1, -0.05) is 86.6 Å². The van der Waals surface area contributed by atoms with Crippen molar-refractivity contribution in [3.8, 4) is 5.75 Å². The molecule has 39 heteroatoms. The Balaban J connectivity index is 1.45. The number of nitrogens with one attached hydrogen (secondary N) is 14. The fourth-order valence-corrected chi connectivity index (χ4v) is 13.5. The molecule has 634 valence electrons. The van der Waals surface area contributed by atoms with Gasteiger partial charge in [0.15, 0.2) is 0 Å². The Hall–Kier alpha value is -12.3. The molecule has 0 radical (unpaired) electrons. The molecule has 0 bridgehead atoms. The van der Waals surface area contributed by atoms with Gasteiger partial charge in [0.1, 0.15) is 78.3 Å². The van der Waals surface area contributed by atoms with Crippen LogP contribution in [0.4, 0.5) is 0 Å². The first-order chi connectivity index (χ1) is 55.4. The predicted octanol–water partition coefficient (Wildman–Crippen LogP) is -4.08. The first-order valence-electron chi connectivity index (χ1n) is 38.1. The third-order valence-electron chi connectivity index (χ3n) is 19.3. The van der Waals surface area contributed by atoms with Gasteiger partial charge in [0.2, 0.25) is 100 Å². The molecular formula is C78H107N19O19S.